The van der Waals surface area contributed by atoms with Crippen LogP contribution in [-0.4, -0.2) is 31.3 Å². The molecular formula is C11H12IN5O3S. The number of carbonyl (C=O) groups excluding carboxylic acids is 1. The molecule has 2 aromatic rings. The summed E-state index contributed by atoms with van der Waals surface area (Å²) in [5.41, 5.74) is 3.25. The van der Waals surface area contributed by atoms with E-state index >= 15 is 0 Å². The lowest BCUT2D eigenvalue weighted by Crippen LogP contribution is -2.24. The molecule has 1 aromatic heterocycles. The Morgan fingerprint density at radius 2 is 2.24 bits per heavy atom. The number of benzene rings is 1. The molecule has 0 aliphatic heterocycles. The van der Waals surface area contributed by atoms with Gasteiger partial charge in [-0.1, -0.05) is 17.8 Å². The minimum absolute atomic E-state index is 0.115. The molecular weight excluding hydrogens is 409 g/mol. The number of hydrogen-bond donors (Lipinski definition) is 1. The fourth-order valence-electron chi connectivity index (χ4n) is 1.56. The van der Waals surface area contributed by atoms with Gasteiger partial charge in [-0.05, 0) is 51.4 Å². The van der Waals surface area contributed by atoms with Gasteiger partial charge in [-0.2, -0.15) is 9.36 Å². The summed E-state index contributed by atoms with van der Waals surface area (Å²) in [5, 5.41) is 7.21. The summed E-state index contributed by atoms with van der Waals surface area (Å²) in [6.07, 6.45) is 1.65. The fourth-order valence-corrected chi connectivity index (χ4v) is 2.34. The van der Waals surface area contributed by atoms with Gasteiger partial charge in [-0.3, -0.25) is 9.63 Å². The van der Waals surface area contributed by atoms with Crippen LogP contribution in [-0.2, 0) is 18.5 Å². The van der Waals surface area contributed by atoms with Gasteiger partial charge in [-0.25, -0.2) is 10.3 Å². The number of thioether (sulfide) groups is 1. The number of aromatic nitrogens is 4. The van der Waals surface area contributed by atoms with Gasteiger partial charge in [-0.15, -0.1) is 0 Å². The van der Waals surface area contributed by atoms with Gasteiger partial charge in [0.05, 0.1) is 5.69 Å². The van der Waals surface area contributed by atoms with E-state index in [0.29, 0.717) is 5.69 Å². The number of tetrazole rings is 1. The summed E-state index contributed by atoms with van der Waals surface area (Å²) in [4.78, 5) is 28.3. The number of amides is 1. The highest BCUT2D eigenvalue weighted by atomic mass is 127. The standard InChI is InChI=1S/C11H12IN5O3S/c1-16-11(19)17(15-14-16)9-5-3-4-8(12)7(9)6-20-13-10(18)21-2/h3-5H,6H2,1-2H3,(H,13,18). The number of nitrogens with one attached hydrogen (secondary N) is 1. The van der Waals surface area contributed by atoms with Crippen molar-refractivity contribution in [3.05, 3.63) is 37.8 Å². The van der Waals surface area contributed by atoms with Crippen LogP contribution in [0.25, 0.3) is 5.69 Å². The molecule has 0 spiro atoms. The van der Waals surface area contributed by atoms with Crippen LogP contribution in [0.2, 0.25) is 0 Å². The molecule has 1 N–H and O–H groups in total. The van der Waals surface area contributed by atoms with E-state index in [1.807, 2.05) is 12.1 Å². The molecule has 1 amide bonds. The van der Waals surface area contributed by atoms with Gasteiger partial charge >= 0.3 is 10.9 Å². The lowest BCUT2D eigenvalue weighted by atomic mass is 10.2. The predicted molar refractivity (Wildman–Crippen MR) is 86.2 cm³/mol. The van der Waals surface area contributed by atoms with Crippen molar-refractivity contribution in [1.82, 2.24) is 25.3 Å². The molecule has 0 fully saturated rings. The number of hydrogen-bond acceptors (Lipinski definition) is 6. The second kappa shape index (κ2) is 7.04. The van der Waals surface area contributed by atoms with Crippen molar-refractivity contribution >= 4 is 39.6 Å². The quantitative estimate of drug-likeness (QED) is 0.587. The molecule has 1 heterocycles. The fraction of sp³-hybridized carbons (Fsp3) is 0.273. The van der Waals surface area contributed by atoms with Gasteiger partial charge < -0.3 is 0 Å². The van der Waals surface area contributed by atoms with Gasteiger partial charge in [0.2, 0.25) is 0 Å². The van der Waals surface area contributed by atoms with Gasteiger partial charge in [0.1, 0.15) is 6.61 Å². The summed E-state index contributed by atoms with van der Waals surface area (Å²) < 4.78 is 3.22. The minimum Gasteiger partial charge on any atom is -0.268 e. The first-order valence-corrected chi connectivity index (χ1v) is 8.07. The van der Waals surface area contributed by atoms with Crippen LogP contribution in [0.15, 0.2) is 23.0 Å². The molecule has 8 nitrogen and oxygen atoms in total. The van der Waals surface area contributed by atoms with Crippen LogP contribution in [0.3, 0.4) is 0 Å². The molecule has 0 unspecified atom stereocenters. The van der Waals surface area contributed by atoms with E-state index in [9.17, 15) is 9.59 Å². The first-order valence-electron chi connectivity index (χ1n) is 5.77. The zero-order valence-electron chi connectivity index (χ0n) is 11.2. The summed E-state index contributed by atoms with van der Waals surface area (Å²) >= 11 is 3.14. The van der Waals surface area contributed by atoms with Crippen molar-refractivity contribution in [2.45, 2.75) is 6.61 Å². The Balaban J connectivity index is 2.30. The van der Waals surface area contributed by atoms with Crippen LogP contribution < -0.4 is 11.2 Å². The van der Waals surface area contributed by atoms with E-state index in [2.05, 4.69) is 38.5 Å². The van der Waals surface area contributed by atoms with Crippen molar-refractivity contribution in [3.63, 3.8) is 0 Å². The van der Waals surface area contributed by atoms with Crippen LogP contribution in [0, 0.1) is 3.57 Å². The van der Waals surface area contributed by atoms with E-state index in [-0.39, 0.29) is 17.5 Å². The molecule has 1 aromatic carbocycles. The minimum atomic E-state index is -0.355. The average Bonchev–Trinajstić information content (AvgIpc) is 2.80. The zero-order valence-corrected chi connectivity index (χ0v) is 14.2. The first kappa shape index (κ1) is 16.0. The number of halogens is 1. The summed E-state index contributed by atoms with van der Waals surface area (Å²) in [5.74, 6) is 0. The number of rotatable bonds is 4. The molecule has 0 saturated carbocycles. The van der Waals surface area contributed by atoms with Crippen molar-refractivity contribution in [2.75, 3.05) is 6.26 Å². The molecule has 0 aliphatic carbocycles. The molecule has 0 saturated heterocycles. The average molecular weight is 421 g/mol. The summed E-state index contributed by atoms with van der Waals surface area (Å²) in [6.45, 7) is 0.115. The highest BCUT2D eigenvalue weighted by molar-refractivity contribution is 14.1. The Morgan fingerprint density at radius 1 is 1.48 bits per heavy atom. The first-order chi connectivity index (χ1) is 10.0. The number of carbonyl (C=O) groups is 1. The number of hydroxylamine groups is 1. The second-order valence-electron chi connectivity index (χ2n) is 3.92. The summed E-state index contributed by atoms with van der Waals surface area (Å²) in [7, 11) is 1.52. The van der Waals surface area contributed by atoms with Gasteiger partial charge in [0.15, 0.2) is 0 Å². The molecule has 0 aliphatic rings. The van der Waals surface area contributed by atoms with Gasteiger partial charge in [0.25, 0.3) is 0 Å². The molecule has 0 atom stereocenters. The number of nitrogens with zero attached hydrogens (tertiary/aromatic N) is 4. The smallest absolute Gasteiger partial charge is 0.268 e. The Bertz CT molecular complexity index is 714. The normalized spacial score (nSPS) is 10.6. The number of aryl methyl sites for hydroxylation is 1. The molecule has 2 rings (SSSR count). The van der Waals surface area contributed by atoms with Crippen LogP contribution in [0.5, 0.6) is 0 Å². The molecule has 0 radical (unpaired) electrons. The van der Waals surface area contributed by atoms with Crippen LogP contribution >= 0.6 is 34.4 Å². The Hall–Kier alpha value is -1.40. The largest absolute Gasteiger partial charge is 0.368 e. The maximum absolute atomic E-state index is 11.9. The SMILES string of the molecule is CSC(=O)NOCc1c(I)cccc1-n1nnn(C)c1=O. The molecule has 112 valence electrons. The second-order valence-corrected chi connectivity index (χ2v) is 5.86. The van der Waals surface area contributed by atoms with Gasteiger partial charge in [0, 0.05) is 16.2 Å². The van der Waals surface area contributed by atoms with E-state index in [4.69, 9.17) is 4.84 Å². The molecule has 21 heavy (non-hydrogen) atoms. The maximum Gasteiger partial charge on any atom is 0.368 e. The third-order valence-corrected chi connectivity index (χ3v) is 4.07. The van der Waals surface area contributed by atoms with E-state index in [1.54, 1.807) is 12.3 Å². The Kier molecular flexibility index (Phi) is 5.36. The van der Waals surface area contributed by atoms with E-state index < -0.39 is 0 Å². The van der Waals surface area contributed by atoms with E-state index in [0.717, 1.165) is 25.6 Å². The van der Waals surface area contributed by atoms with Crippen LogP contribution in [0.4, 0.5) is 4.79 Å². The third kappa shape index (κ3) is 3.63. The van der Waals surface area contributed by atoms with Crippen molar-refractivity contribution in [1.29, 1.82) is 0 Å². The van der Waals surface area contributed by atoms with Crippen molar-refractivity contribution in [3.8, 4) is 5.69 Å². The highest BCUT2D eigenvalue weighted by Gasteiger charge is 2.14. The summed E-state index contributed by atoms with van der Waals surface area (Å²) in [6, 6.07) is 5.43. The third-order valence-electron chi connectivity index (χ3n) is 2.60. The molecule has 10 heteroatoms. The Labute approximate surface area is 137 Å². The zero-order chi connectivity index (χ0) is 15.4. The lowest BCUT2D eigenvalue weighted by molar-refractivity contribution is 0.0572. The maximum atomic E-state index is 11.9. The lowest BCUT2D eigenvalue weighted by Gasteiger charge is -2.10. The highest BCUT2D eigenvalue weighted by Crippen LogP contribution is 2.20. The van der Waals surface area contributed by atoms with Crippen molar-refractivity contribution < 1.29 is 9.63 Å². The monoisotopic (exact) mass is 421 g/mol. The van der Waals surface area contributed by atoms with Crippen LogP contribution in [0.1, 0.15) is 5.56 Å². The van der Waals surface area contributed by atoms with E-state index in [1.165, 1.54) is 11.7 Å². The topological polar surface area (TPSA) is 91.0 Å². The molecule has 0 bridgehead atoms. The van der Waals surface area contributed by atoms with Crippen molar-refractivity contribution in [2.24, 2.45) is 7.05 Å². The predicted octanol–water partition coefficient (Wildman–Crippen LogP) is 1.07. The Morgan fingerprint density at radius 3 is 2.86 bits per heavy atom.